The summed E-state index contributed by atoms with van der Waals surface area (Å²) in [5, 5.41) is 0. The lowest BCUT2D eigenvalue weighted by atomic mass is 9.95. The van der Waals surface area contributed by atoms with Gasteiger partial charge in [-0.05, 0) is 46.0 Å². The number of rotatable bonds is 4. The quantitative estimate of drug-likeness (QED) is 0.748. The van der Waals surface area contributed by atoms with Crippen LogP contribution in [0.15, 0.2) is 4.99 Å². The monoisotopic (exact) mass is 290 g/mol. The van der Waals surface area contributed by atoms with Crippen LogP contribution in [0.25, 0.3) is 0 Å². The highest BCUT2D eigenvalue weighted by molar-refractivity contribution is 5.98. The van der Waals surface area contributed by atoms with Gasteiger partial charge in [0.15, 0.2) is 5.90 Å². The molecule has 5 radical (unpaired) electrons. The Hall–Kier alpha value is -1.06. The van der Waals surface area contributed by atoms with Crippen LogP contribution in [0.2, 0.25) is 0 Å². The van der Waals surface area contributed by atoms with Crippen molar-refractivity contribution in [2.24, 2.45) is 16.3 Å². The number of carbonyl (C=O) groups excluding carboxylic acids is 1. The predicted octanol–water partition coefficient (Wildman–Crippen LogP) is 2.80. The Labute approximate surface area is 128 Å². The fourth-order valence-electron chi connectivity index (χ4n) is 2.03. The van der Waals surface area contributed by atoms with Crippen molar-refractivity contribution >= 4 is 11.9 Å². The summed E-state index contributed by atoms with van der Waals surface area (Å²) in [7, 11) is 0. The third-order valence-corrected chi connectivity index (χ3v) is 3.55. The van der Waals surface area contributed by atoms with Crippen LogP contribution in [0.4, 0.5) is 0 Å². The van der Waals surface area contributed by atoms with Crippen molar-refractivity contribution in [2.75, 3.05) is 13.2 Å². The van der Waals surface area contributed by atoms with Gasteiger partial charge in [0.25, 0.3) is 0 Å². The molecule has 0 amide bonds. The molecular weight excluding hydrogens is 266 g/mol. The summed E-state index contributed by atoms with van der Waals surface area (Å²) in [6.45, 7) is 10.7. The van der Waals surface area contributed by atoms with E-state index in [0.29, 0.717) is 18.4 Å². The average Bonchev–Trinajstić information content (AvgIpc) is 3.02. The van der Waals surface area contributed by atoms with Gasteiger partial charge in [0.05, 0.1) is 24.0 Å². The molecule has 0 aromatic carbocycles. The summed E-state index contributed by atoms with van der Waals surface area (Å²) < 4.78 is 11.1. The summed E-state index contributed by atoms with van der Waals surface area (Å²) in [5.41, 5.74) is -0.489. The Morgan fingerprint density at radius 3 is 2.71 bits per heavy atom. The summed E-state index contributed by atoms with van der Waals surface area (Å²) in [5.74, 6) is 2.79. The fraction of sp³-hybridized carbons (Fsp3) is 0.588. The van der Waals surface area contributed by atoms with Crippen LogP contribution < -0.4 is 0 Å². The summed E-state index contributed by atoms with van der Waals surface area (Å²) in [4.78, 5) is 16.5. The van der Waals surface area contributed by atoms with Gasteiger partial charge in [0.2, 0.25) is 0 Å². The van der Waals surface area contributed by atoms with Crippen LogP contribution in [0.3, 0.4) is 0 Å². The van der Waals surface area contributed by atoms with E-state index in [9.17, 15) is 4.79 Å². The van der Waals surface area contributed by atoms with Crippen LogP contribution in [-0.4, -0.2) is 31.1 Å². The number of nitrogens with zero attached hydrogens (tertiary/aromatic N) is 1. The van der Waals surface area contributed by atoms with E-state index >= 15 is 0 Å². The molecule has 0 N–H and O–H groups in total. The molecule has 2 rings (SSSR count). The van der Waals surface area contributed by atoms with E-state index in [1.54, 1.807) is 0 Å². The van der Waals surface area contributed by atoms with Gasteiger partial charge in [-0.25, -0.2) is 4.99 Å². The van der Waals surface area contributed by atoms with E-state index in [1.807, 2.05) is 40.0 Å². The third kappa shape index (κ3) is 3.98. The molecule has 21 heavy (non-hydrogen) atoms. The van der Waals surface area contributed by atoms with Crippen molar-refractivity contribution in [3.63, 3.8) is 0 Å². The third-order valence-electron chi connectivity index (χ3n) is 3.55. The topological polar surface area (TPSA) is 47.9 Å². The van der Waals surface area contributed by atoms with Crippen molar-refractivity contribution in [1.82, 2.24) is 0 Å². The molecule has 2 aliphatic rings. The minimum absolute atomic E-state index is 0.205. The number of esters is 1. The average molecular weight is 290 g/mol. The summed E-state index contributed by atoms with van der Waals surface area (Å²) in [6, 6.07) is 0.208. The highest BCUT2D eigenvalue weighted by Crippen LogP contribution is 2.37. The van der Waals surface area contributed by atoms with Gasteiger partial charge in [0.1, 0.15) is 6.61 Å². The van der Waals surface area contributed by atoms with Gasteiger partial charge in [0, 0.05) is 5.92 Å². The highest BCUT2D eigenvalue weighted by atomic mass is 16.5. The standard InChI is InChI=1S/C17H24NO3/c1-11(2)14-10-20-15(18-14)13-8-6-7-12(13)9-21-16(19)17(3,4)5/h6-8,11,14H,9-10H2,1-5H3/t14-/m1/s1. The number of carbonyl (C=O) groups is 1. The van der Waals surface area contributed by atoms with Crippen molar-refractivity contribution in [3.8, 4) is 0 Å². The van der Waals surface area contributed by atoms with Gasteiger partial charge < -0.3 is 9.47 Å². The molecule has 4 heteroatoms. The van der Waals surface area contributed by atoms with Crippen LogP contribution in [0, 0.1) is 42.4 Å². The molecule has 4 nitrogen and oxygen atoms in total. The summed E-state index contributed by atoms with van der Waals surface area (Å²) in [6.07, 6.45) is 5.84. The van der Waals surface area contributed by atoms with E-state index < -0.39 is 5.41 Å². The van der Waals surface area contributed by atoms with E-state index in [0.717, 1.165) is 11.8 Å². The molecule has 1 aliphatic carbocycles. The largest absolute Gasteiger partial charge is 0.478 e. The van der Waals surface area contributed by atoms with Crippen LogP contribution in [0.1, 0.15) is 34.6 Å². The molecule has 0 saturated heterocycles. The van der Waals surface area contributed by atoms with Crippen molar-refractivity contribution in [3.05, 3.63) is 31.1 Å². The molecular formula is C17H24NO3. The minimum atomic E-state index is -0.489. The van der Waals surface area contributed by atoms with Gasteiger partial charge in [-0.2, -0.15) is 0 Å². The van der Waals surface area contributed by atoms with Crippen LogP contribution in [0.5, 0.6) is 0 Å². The molecule has 0 spiro atoms. The first-order chi connectivity index (χ1) is 9.79. The maximum absolute atomic E-state index is 11.9. The molecule has 0 bridgehead atoms. The molecule has 1 aliphatic heterocycles. The van der Waals surface area contributed by atoms with Crippen LogP contribution in [-0.2, 0) is 14.3 Å². The first kappa shape index (κ1) is 16.3. The van der Waals surface area contributed by atoms with Crippen molar-refractivity contribution < 1.29 is 14.3 Å². The normalized spacial score (nSPS) is 24.3. The molecule has 1 saturated carbocycles. The fourth-order valence-corrected chi connectivity index (χ4v) is 2.03. The van der Waals surface area contributed by atoms with Gasteiger partial charge in [-0.15, -0.1) is 0 Å². The predicted molar refractivity (Wildman–Crippen MR) is 81.8 cm³/mol. The van der Waals surface area contributed by atoms with Gasteiger partial charge in [-0.3, -0.25) is 4.79 Å². The van der Waals surface area contributed by atoms with E-state index in [2.05, 4.69) is 18.8 Å². The zero-order chi connectivity index (χ0) is 15.6. The van der Waals surface area contributed by atoms with E-state index in [1.165, 1.54) is 0 Å². The molecule has 115 valence electrons. The minimum Gasteiger partial charge on any atom is -0.478 e. The molecule has 0 aromatic rings. The second-order valence-electron chi connectivity index (χ2n) is 6.85. The maximum Gasteiger partial charge on any atom is 0.311 e. The molecule has 1 atom stereocenters. The summed E-state index contributed by atoms with van der Waals surface area (Å²) >= 11 is 0. The zero-order valence-electron chi connectivity index (χ0n) is 13.5. The lowest BCUT2D eigenvalue weighted by Crippen LogP contribution is -2.27. The Balaban J connectivity index is 1.92. The smallest absolute Gasteiger partial charge is 0.311 e. The second kappa shape index (κ2) is 6.37. The number of hydrogen-bond donors (Lipinski definition) is 0. The first-order valence-corrected chi connectivity index (χ1v) is 7.42. The van der Waals surface area contributed by atoms with Crippen molar-refractivity contribution in [2.45, 2.75) is 40.7 Å². The Morgan fingerprint density at radius 2 is 2.14 bits per heavy atom. The lowest BCUT2D eigenvalue weighted by molar-refractivity contribution is -0.152. The zero-order valence-corrected chi connectivity index (χ0v) is 13.5. The number of aliphatic imine (C=N–C) groups is 1. The Kier molecular flexibility index (Phi) is 4.95. The molecule has 0 aromatic heterocycles. The Morgan fingerprint density at radius 1 is 1.43 bits per heavy atom. The highest BCUT2D eigenvalue weighted by Gasteiger charge is 2.39. The number of ether oxygens (including phenoxy) is 2. The van der Waals surface area contributed by atoms with Gasteiger partial charge >= 0.3 is 5.97 Å². The van der Waals surface area contributed by atoms with E-state index in [4.69, 9.17) is 9.47 Å². The Bertz CT molecular complexity index is 409. The molecule has 1 heterocycles. The van der Waals surface area contributed by atoms with E-state index in [-0.39, 0.29) is 18.6 Å². The van der Waals surface area contributed by atoms with Gasteiger partial charge in [-0.1, -0.05) is 13.8 Å². The number of hydrogen-bond acceptors (Lipinski definition) is 4. The maximum atomic E-state index is 11.9. The lowest BCUT2D eigenvalue weighted by Gasteiger charge is -2.21. The molecule has 0 unspecified atom stereocenters. The molecule has 1 fully saturated rings. The van der Waals surface area contributed by atoms with Crippen molar-refractivity contribution in [1.29, 1.82) is 0 Å². The van der Waals surface area contributed by atoms with Crippen LogP contribution >= 0.6 is 0 Å². The second-order valence-corrected chi connectivity index (χ2v) is 6.85. The first-order valence-electron chi connectivity index (χ1n) is 7.42. The SMILES string of the molecule is CC(C)[C@H]1COC([C]2[CH][CH][CH][C]2COC(=O)C(C)(C)C)=N1.